The summed E-state index contributed by atoms with van der Waals surface area (Å²) in [4.78, 5) is 79.1. The summed E-state index contributed by atoms with van der Waals surface area (Å²) in [5.41, 5.74) is 1.49. The molecule has 17 nitrogen and oxygen atoms in total. The molecule has 2 aliphatic rings. The lowest BCUT2D eigenvalue weighted by atomic mass is 9.80. The number of carbonyl (C=O) groups excluding carboxylic acids is 6. The van der Waals surface area contributed by atoms with E-state index in [1.54, 1.807) is 0 Å². The number of hydrogen-bond donors (Lipinski definition) is 0. The molecule has 2 saturated heterocycles. The Bertz CT molecular complexity index is 2590. The van der Waals surface area contributed by atoms with Crippen LogP contribution in [0.2, 0.25) is 0 Å². The van der Waals surface area contributed by atoms with Crippen LogP contribution in [-0.2, 0) is 92.1 Å². The number of carbonyl (C=O) groups is 6. The van der Waals surface area contributed by atoms with Gasteiger partial charge in [-0.1, -0.05) is 182 Å². The molecule has 2 aliphatic heterocycles. The van der Waals surface area contributed by atoms with Crippen LogP contribution >= 0.6 is 0 Å². The van der Waals surface area contributed by atoms with Gasteiger partial charge in [0.1, 0.15) is 23.4 Å². The summed E-state index contributed by atoms with van der Waals surface area (Å²) < 4.78 is 70.1. The maximum absolute atomic E-state index is 13.2. The number of benzene rings is 6. The van der Waals surface area contributed by atoms with Crippen LogP contribution in [0.5, 0.6) is 0 Å². The fourth-order valence-corrected chi connectivity index (χ4v) is 10.3. The van der Waals surface area contributed by atoms with Crippen molar-refractivity contribution in [3.8, 4) is 0 Å². The van der Waals surface area contributed by atoms with E-state index in [9.17, 15) is 28.8 Å². The molecule has 0 aromatic heterocycles. The van der Waals surface area contributed by atoms with Gasteiger partial charge in [-0.15, -0.1) is 0 Å². The van der Waals surface area contributed by atoms with Crippen molar-refractivity contribution in [2.45, 2.75) is 114 Å². The zero-order valence-electron chi connectivity index (χ0n) is 44.4. The van der Waals surface area contributed by atoms with Gasteiger partial charge >= 0.3 is 35.8 Å². The Morgan fingerprint density at radius 2 is 0.519 bits per heavy atom. The molecule has 0 bridgehead atoms. The summed E-state index contributed by atoms with van der Waals surface area (Å²) in [5, 5.41) is 0. The van der Waals surface area contributed by atoms with Gasteiger partial charge < -0.3 is 52.1 Å². The smallest absolute Gasteiger partial charge is 0.303 e. The minimum atomic E-state index is -1.86. The van der Waals surface area contributed by atoms with Crippen molar-refractivity contribution in [1.82, 2.24) is 0 Å². The number of ether oxygens (including phenoxy) is 11. The molecule has 2 fully saturated rings. The van der Waals surface area contributed by atoms with E-state index in [-0.39, 0.29) is 0 Å². The quantitative estimate of drug-likeness (QED) is 0.0403. The Hall–Kier alpha value is -8.06. The Balaban J connectivity index is 1.25. The normalized spacial score (nSPS) is 23.0. The zero-order chi connectivity index (χ0) is 56.1. The molecule has 2 heterocycles. The molecule has 10 atom stereocenters. The van der Waals surface area contributed by atoms with Gasteiger partial charge in [0, 0.05) is 41.5 Å². The van der Waals surface area contributed by atoms with E-state index in [1.165, 1.54) is 0 Å². The molecule has 17 heteroatoms. The van der Waals surface area contributed by atoms with Crippen molar-refractivity contribution in [3.63, 3.8) is 0 Å². The van der Waals surface area contributed by atoms with E-state index in [2.05, 4.69) is 0 Å². The van der Waals surface area contributed by atoms with Crippen molar-refractivity contribution in [3.05, 3.63) is 215 Å². The van der Waals surface area contributed by atoms with Gasteiger partial charge in [0.25, 0.3) is 0 Å². The third-order valence-corrected chi connectivity index (χ3v) is 13.3. The van der Waals surface area contributed by atoms with Crippen LogP contribution < -0.4 is 0 Å². The summed E-state index contributed by atoms with van der Waals surface area (Å²) in [7, 11) is 0. The first-order chi connectivity index (χ1) is 38.1. The Kier molecular flexibility index (Phi) is 18.8. The second kappa shape index (κ2) is 26.1. The fourth-order valence-electron chi connectivity index (χ4n) is 10.3. The SMILES string of the molecule is CC(=O)O[C@@H]1[C@@H](OC(C)=O)[C@@H](O[C@H]2O[C@H](COC(c3ccccc3)(c3ccccc3)c3ccccc3)[C@@H](OC(C)=O)[C@H](OC(C)=O)[C@H]2OC(C)=O)O[C@H](COC(c2ccccc2)(c2ccccc2)c2ccccc2)[C@H]1OC(C)=O. The number of hydrogen-bond acceptors (Lipinski definition) is 17. The second-order valence-electron chi connectivity index (χ2n) is 18.8. The van der Waals surface area contributed by atoms with E-state index < -0.39 is 122 Å². The van der Waals surface area contributed by atoms with E-state index in [0.717, 1.165) is 41.5 Å². The molecule has 6 aromatic carbocycles. The highest BCUT2D eigenvalue weighted by molar-refractivity contribution is 5.69. The molecule has 0 unspecified atom stereocenters. The molecule has 0 saturated carbocycles. The molecule has 412 valence electrons. The highest BCUT2D eigenvalue weighted by Gasteiger charge is 2.58. The largest absolute Gasteiger partial charge is 0.456 e. The van der Waals surface area contributed by atoms with Gasteiger partial charge in [-0.3, -0.25) is 28.8 Å². The minimum Gasteiger partial charge on any atom is -0.456 e. The molecule has 0 spiro atoms. The van der Waals surface area contributed by atoms with Gasteiger partial charge in [-0.05, 0) is 33.4 Å². The first kappa shape index (κ1) is 57.1. The molecule has 0 aliphatic carbocycles. The van der Waals surface area contributed by atoms with Crippen molar-refractivity contribution in [2.75, 3.05) is 13.2 Å². The zero-order valence-corrected chi connectivity index (χ0v) is 44.4. The summed E-state index contributed by atoms with van der Waals surface area (Å²) >= 11 is 0. The van der Waals surface area contributed by atoms with Crippen LogP contribution in [0.25, 0.3) is 0 Å². The lowest BCUT2D eigenvalue weighted by Gasteiger charge is -2.49. The molecule has 79 heavy (non-hydrogen) atoms. The summed E-state index contributed by atoms with van der Waals surface area (Å²) in [6, 6.07) is 56.4. The van der Waals surface area contributed by atoms with E-state index in [4.69, 9.17) is 52.1 Å². The van der Waals surface area contributed by atoms with Crippen molar-refractivity contribution in [2.24, 2.45) is 0 Å². The average molecular weight is 1080 g/mol. The Morgan fingerprint density at radius 3 is 0.734 bits per heavy atom. The predicted octanol–water partition coefficient (Wildman–Crippen LogP) is 8.06. The van der Waals surface area contributed by atoms with E-state index in [1.807, 2.05) is 182 Å². The van der Waals surface area contributed by atoms with Gasteiger partial charge in [0.2, 0.25) is 12.6 Å². The Morgan fingerprint density at radius 1 is 0.316 bits per heavy atom. The van der Waals surface area contributed by atoms with Crippen molar-refractivity contribution >= 4 is 35.8 Å². The second-order valence-corrected chi connectivity index (χ2v) is 18.8. The first-order valence-electron chi connectivity index (χ1n) is 25.7. The van der Waals surface area contributed by atoms with E-state index in [0.29, 0.717) is 33.4 Å². The topological polar surface area (TPSA) is 204 Å². The van der Waals surface area contributed by atoms with Gasteiger partial charge in [0.05, 0.1) is 13.2 Å². The van der Waals surface area contributed by atoms with Crippen LogP contribution in [-0.4, -0.2) is 110 Å². The third-order valence-electron chi connectivity index (χ3n) is 13.3. The molecule has 0 radical (unpaired) electrons. The molecular weight excluding hydrogens is 1020 g/mol. The summed E-state index contributed by atoms with van der Waals surface area (Å²) in [5.74, 6) is -5.16. The molecule has 8 rings (SSSR count). The van der Waals surface area contributed by atoms with Gasteiger partial charge in [-0.25, -0.2) is 0 Å². The lowest BCUT2D eigenvalue weighted by Crippen LogP contribution is -2.67. The van der Waals surface area contributed by atoms with Crippen LogP contribution in [0.3, 0.4) is 0 Å². The third kappa shape index (κ3) is 13.3. The van der Waals surface area contributed by atoms with Gasteiger partial charge in [0.15, 0.2) is 36.6 Å². The highest BCUT2D eigenvalue weighted by atomic mass is 16.8. The lowest BCUT2D eigenvalue weighted by molar-refractivity contribution is -0.379. The van der Waals surface area contributed by atoms with Crippen LogP contribution in [0, 0.1) is 0 Å². The van der Waals surface area contributed by atoms with Gasteiger partial charge in [-0.2, -0.15) is 0 Å². The minimum absolute atomic E-state index is 0.429. The highest BCUT2D eigenvalue weighted by Crippen LogP contribution is 2.44. The molecule has 0 N–H and O–H groups in total. The molecular formula is C62H62O17. The maximum atomic E-state index is 13.2. The Labute approximate surface area is 457 Å². The summed E-state index contributed by atoms with van der Waals surface area (Å²) in [6.45, 7) is 5.85. The van der Waals surface area contributed by atoms with E-state index >= 15 is 0 Å². The number of rotatable bonds is 20. The number of esters is 6. The van der Waals surface area contributed by atoms with Crippen molar-refractivity contribution in [1.29, 1.82) is 0 Å². The molecule has 6 aromatic rings. The standard InChI is InChI=1S/C62H62O17/c1-39(63)71-53-51(37-69-61(45-25-13-7-14-26-45,46-27-15-8-16-28-46)47-29-17-9-18-30-47)77-59(57(75-43(5)67)55(53)73-41(3)65)79-60-58(76-44(6)68)56(74-42(4)66)54(72-40(2)64)52(78-60)38-70-62(48-31-19-10-20-32-48,49-33-21-11-22-34-49)50-35-23-12-24-36-50/h7-36,51-60H,37-38H2,1-6H3/t51-,52-,53-,54-,55+,56+,57-,58-,59-,60-/m1/s1. The summed E-state index contributed by atoms with van der Waals surface area (Å²) in [6.07, 6.45) is -16.5. The predicted molar refractivity (Wildman–Crippen MR) is 282 cm³/mol. The molecule has 0 amide bonds. The maximum Gasteiger partial charge on any atom is 0.303 e. The average Bonchev–Trinajstić information content (AvgIpc) is 3.45. The fraction of sp³-hybridized carbons (Fsp3) is 0.323. The first-order valence-corrected chi connectivity index (χ1v) is 25.7. The van der Waals surface area contributed by atoms with Crippen LogP contribution in [0.1, 0.15) is 74.9 Å². The van der Waals surface area contributed by atoms with Crippen molar-refractivity contribution < 1.29 is 80.9 Å². The monoisotopic (exact) mass is 1080 g/mol. The van der Waals surface area contributed by atoms with Crippen LogP contribution in [0.4, 0.5) is 0 Å². The van der Waals surface area contributed by atoms with Crippen LogP contribution in [0.15, 0.2) is 182 Å².